The van der Waals surface area contributed by atoms with E-state index in [1.54, 1.807) is 11.9 Å². The van der Waals surface area contributed by atoms with Gasteiger partial charge >= 0.3 is 0 Å². The van der Waals surface area contributed by atoms with Gasteiger partial charge in [0.2, 0.25) is 5.91 Å². The summed E-state index contributed by atoms with van der Waals surface area (Å²) in [5, 5.41) is 11.2. The van der Waals surface area contributed by atoms with Crippen molar-refractivity contribution in [3.05, 3.63) is 0 Å². The predicted octanol–water partition coefficient (Wildman–Crippen LogP) is -0.0320. The van der Waals surface area contributed by atoms with Crippen LogP contribution < -0.4 is 5.32 Å². The molecule has 0 aliphatic carbocycles. The van der Waals surface area contributed by atoms with E-state index in [9.17, 15) is 4.79 Å². The van der Waals surface area contributed by atoms with Gasteiger partial charge in [-0.15, -0.1) is 0 Å². The van der Waals surface area contributed by atoms with Crippen LogP contribution in [0.5, 0.6) is 0 Å². The van der Waals surface area contributed by atoms with Crippen molar-refractivity contribution >= 4 is 5.91 Å². The molecule has 4 heteroatoms. The lowest BCUT2D eigenvalue weighted by Crippen LogP contribution is -2.29. The first-order chi connectivity index (χ1) is 5.72. The zero-order chi connectivity index (χ0) is 9.40. The summed E-state index contributed by atoms with van der Waals surface area (Å²) in [6, 6.07) is 2.00. The Bertz CT molecular complexity index is 174. The quantitative estimate of drug-likeness (QED) is 0.628. The number of nitrogens with one attached hydrogen (secondary N) is 1. The van der Waals surface area contributed by atoms with Gasteiger partial charge in [0.15, 0.2) is 0 Å². The van der Waals surface area contributed by atoms with Gasteiger partial charge in [0, 0.05) is 26.6 Å². The van der Waals surface area contributed by atoms with Crippen LogP contribution in [0.4, 0.5) is 0 Å². The van der Waals surface area contributed by atoms with Gasteiger partial charge in [-0.25, -0.2) is 0 Å². The Labute approximate surface area is 73.2 Å². The minimum Gasteiger partial charge on any atom is -0.345 e. The van der Waals surface area contributed by atoms with E-state index in [0.717, 1.165) is 0 Å². The van der Waals surface area contributed by atoms with Crippen molar-refractivity contribution in [3.63, 3.8) is 0 Å². The first kappa shape index (κ1) is 10.9. The summed E-state index contributed by atoms with van der Waals surface area (Å²) in [4.78, 5) is 12.8. The van der Waals surface area contributed by atoms with E-state index < -0.39 is 0 Å². The molecule has 0 aromatic rings. The highest BCUT2D eigenvalue weighted by molar-refractivity contribution is 5.76. The standard InChI is InChI=1S/C8H15N3O/c1-10-6-4-8(12)11(2)7-3-5-9/h10H,3-4,6-7H2,1-2H3. The maximum atomic E-state index is 11.2. The molecule has 0 spiro atoms. The van der Waals surface area contributed by atoms with Crippen molar-refractivity contribution in [1.29, 1.82) is 5.26 Å². The van der Waals surface area contributed by atoms with Crippen LogP contribution in [0.1, 0.15) is 12.8 Å². The molecule has 0 bridgehead atoms. The molecule has 0 heterocycles. The molecule has 0 saturated carbocycles. The molecular weight excluding hydrogens is 154 g/mol. The maximum absolute atomic E-state index is 11.2. The predicted molar refractivity (Wildman–Crippen MR) is 46.4 cm³/mol. The van der Waals surface area contributed by atoms with Gasteiger partial charge in [-0.2, -0.15) is 5.26 Å². The molecule has 0 radical (unpaired) electrons. The third-order valence-corrected chi connectivity index (χ3v) is 1.57. The molecule has 0 aromatic carbocycles. The van der Waals surface area contributed by atoms with Gasteiger partial charge in [0.1, 0.15) is 0 Å². The first-order valence-corrected chi connectivity index (χ1v) is 3.98. The fraction of sp³-hybridized carbons (Fsp3) is 0.750. The van der Waals surface area contributed by atoms with Crippen molar-refractivity contribution in [3.8, 4) is 6.07 Å². The molecule has 12 heavy (non-hydrogen) atoms. The van der Waals surface area contributed by atoms with Crippen molar-refractivity contribution in [1.82, 2.24) is 10.2 Å². The Morgan fingerprint density at radius 1 is 1.67 bits per heavy atom. The molecule has 0 saturated heterocycles. The molecule has 4 nitrogen and oxygen atoms in total. The van der Waals surface area contributed by atoms with E-state index in [1.807, 2.05) is 13.1 Å². The minimum absolute atomic E-state index is 0.0830. The van der Waals surface area contributed by atoms with E-state index >= 15 is 0 Å². The van der Waals surface area contributed by atoms with Crippen LogP contribution in [-0.4, -0.2) is 38.0 Å². The molecule has 0 atom stereocenters. The molecule has 0 unspecified atom stereocenters. The summed E-state index contributed by atoms with van der Waals surface area (Å²) in [5.41, 5.74) is 0. The van der Waals surface area contributed by atoms with Gasteiger partial charge in [-0.3, -0.25) is 4.79 Å². The second kappa shape index (κ2) is 6.62. The summed E-state index contributed by atoms with van der Waals surface area (Å²) in [5.74, 6) is 0.0830. The normalized spacial score (nSPS) is 9.08. The Morgan fingerprint density at radius 2 is 2.33 bits per heavy atom. The fourth-order valence-corrected chi connectivity index (χ4v) is 0.765. The monoisotopic (exact) mass is 169 g/mol. The van der Waals surface area contributed by atoms with E-state index in [2.05, 4.69) is 5.32 Å². The highest BCUT2D eigenvalue weighted by atomic mass is 16.2. The van der Waals surface area contributed by atoms with Crippen LogP contribution in [0.25, 0.3) is 0 Å². The van der Waals surface area contributed by atoms with Crippen molar-refractivity contribution < 1.29 is 4.79 Å². The first-order valence-electron chi connectivity index (χ1n) is 3.98. The second-order valence-electron chi connectivity index (χ2n) is 2.58. The summed E-state index contributed by atoms with van der Waals surface area (Å²) >= 11 is 0. The number of nitrogens with zero attached hydrogens (tertiary/aromatic N) is 2. The lowest BCUT2D eigenvalue weighted by molar-refractivity contribution is -0.129. The Kier molecular flexibility index (Phi) is 6.02. The lowest BCUT2D eigenvalue weighted by atomic mass is 10.3. The zero-order valence-electron chi connectivity index (χ0n) is 7.63. The lowest BCUT2D eigenvalue weighted by Gasteiger charge is -2.14. The Morgan fingerprint density at radius 3 is 2.83 bits per heavy atom. The van der Waals surface area contributed by atoms with Gasteiger partial charge in [-0.05, 0) is 7.05 Å². The van der Waals surface area contributed by atoms with Crippen molar-refractivity contribution in [2.45, 2.75) is 12.8 Å². The fourth-order valence-electron chi connectivity index (χ4n) is 0.765. The summed E-state index contributed by atoms with van der Waals surface area (Å²) in [7, 11) is 3.53. The summed E-state index contributed by atoms with van der Waals surface area (Å²) in [6.07, 6.45) is 0.903. The van der Waals surface area contributed by atoms with E-state index in [1.165, 1.54) is 0 Å². The van der Waals surface area contributed by atoms with Crippen LogP contribution in [0.3, 0.4) is 0 Å². The summed E-state index contributed by atoms with van der Waals surface area (Å²) in [6.45, 7) is 1.22. The summed E-state index contributed by atoms with van der Waals surface area (Å²) < 4.78 is 0. The number of hydrogen-bond acceptors (Lipinski definition) is 3. The van der Waals surface area contributed by atoms with Gasteiger partial charge in [0.25, 0.3) is 0 Å². The van der Waals surface area contributed by atoms with Crippen LogP contribution >= 0.6 is 0 Å². The Balaban J connectivity index is 3.55. The van der Waals surface area contributed by atoms with Crippen LogP contribution in [-0.2, 0) is 4.79 Å². The smallest absolute Gasteiger partial charge is 0.223 e. The molecule has 0 rings (SSSR count). The number of nitriles is 1. The molecule has 1 N–H and O–H groups in total. The molecule has 1 amide bonds. The van der Waals surface area contributed by atoms with Gasteiger partial charge < -0.3 is 10.2 Å². The number of hydrogen-bond donors (Lipinski definition) is 1. The van der Waals surface area contributed by atoms with E-state index in [4.69, 9.17) is 5.26 Å². The average molecular weight is 169 g/mol. The number of carbonyl (C=O) groups excluding carboxylic acids is 1. The van der Waals surface area contributed by atoms with Crippen molar-refractivity contribution in [2.24, 2.45) is 0 Å². The van der Waals surface area contributed by atoms with Gasteiger partial charge in [0.05, 0.1) is 12.5 Å². The van der Waals surface area contributed by atoms with Gasteiger partial charge in [-0.1, -0.05) is 0 Å². The molecule has 0 fully saturated rings. The second-order valence-corrected chi connectivity index (χ2v) is 2.58. The SMILES string of the molecule is CNCCC(=O)N(C)CCC#N. The molecule has 0 aromatic heterocycles. The van der Waals surface area contributed by atoms with Crippen LogP contribution in [0.15, 0.2) is 0 Å². The van der Waals surface area contributed by atoms with Crippen LogP contribution in [0, 0.1) is 11.3 Å². The third kappa shape index (κ3) is 4.69. The van der Waals surface area contributed by atoms with Crippen LogP contribution in [0.2, 0.25) is 0 Å². The molecular formula is C8H15N3O. The highest BCUT2D eigenvalue weighted by Gasteiger charge is 2.05. The van der Waals surface area contributed by atoms with E-state index in [0.29, 0.717) is 25.9 Å². The van der Waals surface area contributed by atoms with Crippen molar-refractivity contribution in [2.75, 3.05) is 27.2 Å². The molecule has 68 valence electrons. The molecule has 0 aliphatic heterocycles. The molecule has 0 aliphatic rings. The minimum atomic E-state index is 0.0830. The number of carbonyl (C=O) groups is 1. The number of rotatable bonds is 5. The third-order valence-electron chi connectivity index (χ3n) is 1.57. The zero-order valence-corrected chi connectivity index (χ0v) is 7.63. The topological polar surface area (TPSA) is 56.1 Å². The largest absolute Gasteiger partial charge is 0.345 e. The highest BCUT2D eigenvalue weighted by Crippen LogP contribution is 1.91. The average Bonchev–Trinajstić information content (AvgIpc) is 2.10. The van der Waals surface area contributed by atoms with E-state index in [-0.39, 0.29) is 5.91 Å². The number of amides is 1. The maximum Gasteiger partial charge on any atom is 0.223 e. The Hall–Kier alpha value is -1.08.